The number of rotatable bonds is 15. The van der Waals surface area contributed by atoms with Gasteiger partial charge in [-0.2, -0.15) is 0 Å². The van der Waals surface area contributed by atoms with Gasteiger partial charge in [0.25, 0.3) is 0 Å². The third-order valence-corrected chi connectivity index (χ3v) is 5.42. The number of carbonyl (C=O) groups excluding carboxylic acids is 3. The van der Waals surface area contributed by atoms with Crippen LogP contribution in [0.25, 0.3) is 0 Å². The maximum atomic E-state index is 10.0. The fourth-order valence-electron chi connectivity index (χ4n) is 3.30. The molecule has 0 heterocycles. The Kier molecular flexibility index (Phi) is 28.5. The molecule has 216 valence electrons. The van der Waals surface area contributed by atoms with E-state index in [-0.39, 0.29) is 45.1 Å². The van der Waals surface area contributed by atoms with Gasteiger partial charge in [-0.05, 0) is 74.0 Å². The van der Waals surface area contributed by atoms with Crippen LogP contribution in [0.4, 0.5) is 0 Å². The molecule has 0 atom stereocenters. The van der Waals surface area contributed by atoms with Crippen LogP contribution in [-0.2, 0) is 14.4 Å². The normalized spacial score (nSPS) is 11.3. The quantitative estimate of drug-likeness (QED) is 0.240. The maximum Gasteiger partial charge on any atom is 3.00 e. The molecular weight excluding hydrogens is 571 g/mol. The van der Waals surface area contributed by atoms with Gasteiger partial charge in [-0.15, -0.1) is 0 Å². The van der Waals surface area contributed by atoms with Crippen molar-refractivity contribution in [1.29, 1.82) is 0 Å². The predicted octanol–water partition coefficient (Wildman–Crippen LogP) is 4.82. The summed E-state index contributed by atoms with van der Waals surface area (Å²) in [7, 11) is 0. The second-order valence-electron chi connectivity index (χ2n) is 13.5. The summed E-state index contributed by atoms with van der Waals surface area (Å²) in [4.78, 5) is 30.1. The summed E-state index contributed by atoms with van der Waals surface area (Å²) in [5.41, 5.74) is 1.13. The van der Waals surface area contributed by atoms with Gasteiger partial charge in [0, 0.05) is 17.9 Å². The molecule has 0 unspecified atom stereocenters. The van der Waals surface area contributed by atoms with Crippen molar-refractivity contribution in [3.05, 3.63) is 0 Å². The Morgan fingerprint density at radius 3 is 0.730 bits per heavy atom. The van der Waals surface area contributed by atoms with E-state index in [0.717, 1.165) is 57.8 Å². The zero-order valence-electron chi connectivity index (χ0n) is 25.6. The second-order valence-corrected chi connectivity index (χ2v) is 13.5. The first-order valence-corrected chi connectivity index (χ1v) is 13.8. The van der Waals surface area contributed by atoms with Gasteiger partial charge in [-0.1, -0.05) is 101 Å². The molecule has 0 aliphatic carbocycles. The van der Waals surface area contributed by atoms with Gasteiger partial charge in [0.15, 0.2) is 0 Å². The summed E-state index contributed by atoms with van der Waals surface area (Å²) in [6, 6.07) is 0. The number of carbonyl (C=O) groups is 3. The molecule has 0 fully saturated rings. The first-order valence-electron chi connectivity index (χ1n) is 13.8. The number of hydrogen-bond acceptors (Lipinski definition) is 6. The van der Waals surface area contributed by atoms with Gasteiger partial charge in [-0.25, -0.2) is 0 Å². The van der Waals surface area contributed by atoms with Gasteiger partial charge in [0.2, 0.25) is 0 Å². The topological polar surface area (TPSA) is 120 Å². The second kappa shape index (κ2) is 24.3. The van der Waals surface area contributed by atoms with E-state index < -0.39 is 17.9 Å². The monoisotopic (exact) mass is 628 g/mol. The molecule has 0 aromatic rings. The number of unbranched alkanes of at least 4 members (excludes halogenated alkanes) is 6. The van der Waals surface area contributed by atoms with Crippen molar-refractivity contribution in [2.24, 2.45) is 16.2 Å². The first-order chi connectivity index (χ1) is 16.2. The van der Waals surface area contributed by atoms with E-state index in [1.807, 2.05) is 0 Å². The van der Waals surface area contributed by atoms with Crippen molar-refractivity contribution >= 4 is 43.8 Å². The first kappa shape index (κ1) is 43.3. The SMILES string of the molecule is CC(C)(C)CCCCCC(=O)[O-].CC(C)(C)CCCCCC(=O)[O-].CC(C)(C)CCCCCC(=O)[O-].[In+3]. The summed E-state index contributed by atoms with van der Waals surface area (Å²) in [5, 5.41) is 30.1. The van der Waals surface area contributed by atoms with Crippen LogP contribution in [0.15, 0.2) is 0 Å². The van der Waals surface area contributed by atoms with Crippen LogP contribution < -0.4 is 15.3 Å². The summed E-state index contributed by atoms with van der Waals surface area (Å²) in [6.07, 6.45) is 12.8. The zero-order chi connectivity index (χ0) is 28.8. The molecule has 0 bridgehead atoms. The standard InChI is InChI=1S/3C10H20O2.In/c3*1-10(2,3)8-6-4-5-7-9(11)12;/h3*4-8H2,1-3H3,(H,11,12);/q;;;+3/p-3. The number of hydrogen-bond donors (Lipinski definition) is 0. The number of carboxylic acid groups (broad SMARTS) is 3. The van der Waals surface area contributed by atoms with Crippen molar-refractivity contribution < 1.29 is 29.7 Å². The molecule has 0 aliphatic rings. The van der Waals surface area contributed by atoms with Gasteiger partial charge in [0.05, 0.1) is 0 Å². The third kappa shape index (κ3) is 56.6. The van der Waals surface area contributed by atoms with Crippen LogP contribution in [0, 0.1) is 16.2 Å². The number of aliphatic carboxylic acids is 3. The Morgan fingerprint density at radius 1 is 0.405 bits per heavy atom. The molecule has 0 saturated carbocycles. The van der Waals surface area contributed by atoms with E-state index in [1.54, 1.807) is 0 Å². The molecule has 0 N–H and O–H groups in total. The Labute approximate surface area is 247 Å². The Morgan fingerprint density at radius 2 is 0.595 bits per heavy atom. The smallest absolute Gasteiger partial charge is 0.550 e. The van der Waals surface area contributed by atoms with Crippen LogP contribution in [0.3, 0.4) is 0 Å². The molecule has 0 aromatic carbocycles. The summed E-state index contributed by atoms with van der Waals surface area (Å²) in [5.74, 6) is -2.78. The van der Waals surface area contributed by atoms with E-state index in [1.165, 1.54) is 19.3 Å². The molecule has 0 radical (unpaired) electrons. The van der Waals surface area contributed by atoms with Crippen molar-refractivity contribution in [2.75, 3.05) is 0 Å². The fourth-order valence-corrected chi connectivity index (χ4v) is 3.30. The molecule has 0 spiro atoms. The van der Waals surface area contributed by atoms with E-state index in [9.17, 15) is 29.7 Å². The predicted molar refractivity (Wildman–Crippen MR) is 148 cm³/mol. The van der Waals surface area contributed by atoms with Crippen LogP contribution >= 0.6 is 0 Å². The average Bonchev–Trinajstić information content (AvgIpc) is 2.65. The average molecular weight is 629 g/mol. The Hall–Kier alpha value is -0.720. The molecule has 37 heavy (non-hydrogen) atoms. The molecule has 6 nitrogen and oxygen atoms in total. The Balaban J connectivity index is -0.000000218. The molecule has 0 aromatic heterocycles. The minimum Gasteiger partial charge on any atom is -0.550 e. The van der Waals surface area contributed by atoms with Crippen molar-refractivity contribution in [2.45, 2.75) is 159 Å². The van der Waals surface area contributed by atoms with Gasteiger partial charge in [-0.3, -0.25) is 0 Å². The molecular formula is C30H57InO6. The van der Waals surface area contributed by atoms with Crippen molar-refractivity contribution in [3.63, 3.8) is 0 Å². The largest absolute Gasteiger partial charge is 3.00 e. The molecule has 0 amide bonds. The molecule has 0 rings (SSSR count). The molecule has 7 heteroatoms. The summed E-state index contributed by atoms with van der Waals surface area (Å²) in [6.45, 7) is 19.8. The Bertz CT molecular complexity index is 487. The molecule has 0 saturated heterocycles. The van der Waals surface area contributed by atoms with Gasteiger partial charge >= 0.3 is 25.8 Å². The summed E-state index contributed by atoms with van der Waals surface area (Å²) < 4.78 is 0. The summed E-state index contributed by atoms with van der Waals surface area (Å²) >= 11 is 0. The number of carboxylic acids is 3. The zero-order valence-corrected chi connectivity index (χ0v) is 28.9. The minimum absolute atomic E-state index is 0. The van der Waals surface area contributed by atoms with E-state index >= 15 is 0 Å². The van der Waals surface area contributed by atoms with E-state index in [2.05, 4.69) is 62.3 Å². The van der Waals surface area contributed by atoms with Crippen LogP contribution in [0.5, 0.6) is 0 Å². The van der Waals surface area contributed by atoms with Crippen molar-refractivity contribution in [1.82, 2.24) is 0 Å². The molecule has 0 aliphatic heterocycles. The van der Waals surface area contributed by atoms with Crippen molar-refractivity contribution in [3.8, 4) is 0 Å². The van der Waals surface area contributed by atoms with Crippen LogP contribution in [-0.4, -0.2) is 43.8 Å². The fraction of sp³-hybridized carbons (Fsp3) is 0.900. The van der Waals surface area contributed by atoms with Gasteiger partial charge < -0.3 is 29.7 Å². The van der Waals surface area contributed by atoms with E-state index in [4.69, 9.17) is 0 Å². The maximum absolute atomic E-state index is 10.0. The van der Waals surface area contributed by atoms with Gasteiger partial charge in [0.1, 0.15) is 0 Å². The van der Waals surface area contributed by atoms with Crippen LogP contribution in [0.2, 0.25) is 0 Å². The minimum atomic E-state index is -0.925. The van der Waals surface area contributed by atoms with E-state index in [0.29, 0.717) is 16.2 Å². The third-order valence-electron chi connectivity index (χ3n) is 5.42. The van der Waals surface area contributed by atoms with Crippen LogP contribution in [0.1, 0.15) is 159 Å².